The van der Waals surface area contributed by atoms with Gasteiger partial charge in [-0.1, -0.05) is 12.2 Å². The van der Waals surface area contributed by atoms with Gasteiger partial charge in [-0.3, -0.25) is 0 Å². The number of hydrogen-bond donors (Lipinski definition) is 1. The topological polar surface area (TPSA) is 12.0 Å². The first-order chi connectivity index (χ1) is 3.83. The molecule has 1 N–H and O–H groups in total. The molecule has 0 bridgehead atoms. The van der Waals surface area contributed by atoms with Crippen molar-refractivity contribution in [3.63, 3.8) is 0 Å². The Bertz CT molecular complexity index is 124. The second kappa shape index (κ2) is 2.03. The maximum absolute atomic E-state index is 3.68. The van der Waals surface area contributed by atoms with E-state index < -0.39 is 0 Å². The van der Waals surface area contributed by atoms with E-state index in [-0.39, 0.29) is 0 Å². The van der Waals surface area contributed by atoms with Crippen LogP contribution < -0.4 is 5.32 Å². The predicted octanol–water partition coefficient (Wildman–Crippen LogP) is 1.44. The largest absolute Gasteiger partial charge is 0.382 e. The molecule has 1 aliphatic heterocycles. The zero-order valence-corrected chi connectivity index (χ0v) is 5.15. The lowest BCUT2D eigenvalue weighted by atomic mass is 10.2. The van der Waals surface area contributed by atoms with Crippen LogP contribution in [-0.2, 0) is 0 Å². The molecule has 0 saturated heterocycles. The lowest BCUT2D eigenvalue weighted by Gasteiger charge is -2.03. The number of rotatable bonds is 1. The number of allylic oxidation sites excluding steroid dienone is 1. The fraction of sp³-hybridized carbons (Fsp3) is 0.429. The van der Waals surface area contributed by atoms with Gasteiger partial charge in [-0.2, -0.15) is 0 Å². The average molecular weight is 109 g/mol. The quantitative estimate of drug-likeness (QED) is 0.502. The van der Waals surface area contributed by atoms with Crippen molar-refractivity contribution in [1.82, 2.24) is 5.32 Å². The third kappa shape index (κ3) is 0.915. The molecule has 0 radical (unpaired) electrons. The van der Waals surface area contributed by atoms with Crippen molar-refractivity contribution in [2.24, 2.45) is 0 Å². The van der Waals surface area contributed by atoms with Gasteiger partial charge < -0.3 is 5.32 Å². The number of nitrogens with one attached hydrogen (secondary N) is 1. The molecule has 1 heteroatoms. The molecule has 0 saturated carbocycles. The lowest BCUT2D eigenvalue weighted by Crippen LogP contribution is -2.17. The summed E-state index contributed by atoms with van der Waals surface area (Å²) in [7, 11) is 0. The monoisotopic (exact) mass is 109 g/mol. The second-order valence-corrected chi connectivity index (χ2v) is 2.11. The Morgan fingerprint density at radius 2 is 2.75 bits per heavy atom. The summed E-state index contributed by atoms with van der Waals surface area (Å²) in [4.78, 5) is 0. The van der Waals surface area contributed by atoms with Gasteiger partial charge in [-0.25, -0.2) is 0 Å². The Kier molecular flexibility index (Phi) is 1.38. The van der Waals surface area contributed by atoms with Gasteiger partial charge in [0.1, 0.15) is 0 Å². The Labute approximate surface area is 50.1 Å². The molecule has 0 amide bonds. The molecule has 0 aromatic rings. The molecule has 0 fully saturated rings. The molecule has 0 unspecified atom stereocenters. The molecule has 0 spiro atoms. The van der Waals surface area contributed by atoms with Gasteiger partial charge in [0.25, 0.3) is 0 Å². The summed E-state index contributed by atoms with van der Waals surface area (Å²) in [6.45, 7) is 5.75. The van der Waals surface area contributed by atoms with Crippen LogP contribution >= 0.6 is 0 Å². The summed E-state index contributed by atoms with van der Waals surface area (Å²) < 4.78 is 0. The Balaban J connectivity index is 2.43. The highest BCUT2D eigenvalue weighted by Crippen LogP contribution is 2.07. The summed E-state index contributed by atoms with van der Waals surface area (Å²) in [6.07, 6.45) is 5.23. The molecule has 1 aliphatic rings. The summed E-state index contributed by atoms with van der Waals surface area (Å²) >= 11 is 0. The third-order valence-corrected chi connectivity index (χ3v) is 1.38. The van der Waals surface area contributed by atoms with Gasteiger partial charge in [-0.15, -0.1) is 6.58 Å². The van der Waals surface area contributed by atoms with Crippen LogP contribution in [0.4, 0.5) is 0 Å². The van der Waals surface area contributed by atoms with E-state index in [9.17, 15) is 0 Å². The van der Waals surface area contributed by atoms with Gasteiger partial charge in [-0.05, 0) is 13.3 Å². The van der Waals surface area contributed by atoms with Gasteiger partial charge in [0.2, 0.25) is 0 Å². The third-order valence-electron chi connectivity index (χ3n) is 1.38. The highest BCUT2D eigenvalue weighted by molar-refractivity contribution is 5.10. The lowest BCUT2D eigenvalue weighted by molar-refractivity contribution is 0.736. The Hall–Kier alpha value is -0.720. The number of hydrogen-bond acceptors (Lipinski definition) is 1. The van der Waals surface area contributed by atoms with Crippen LogP contribution in [0.3, 0.4) is 0 Å². The highest BCUT2D eigenvalue weighted by Gasteiger charge is 2.06. The fourth-order valence-electron chi connectivity index (χ4n) is 0.869. The van der Waals surface area contributed by atoms with E-state index in [1.807, 2.05) is 6.08 Å². The van der Waals surface area contributed by atoms with E-state index in [4.69, 9.17) is 0 Å². The van der Waals surface area contributed by atoms with Gasteiger partial charge in [0, 0.05) is 11.7 Å². The molecule has 1 nitrogen and oxygen atoms in total. The SMILES string of the molecule is C=C[C@H]1CC=C(C)N1. The molecule has 1 rings (SSSR count). The Morgan fingerprint density at radius 3 is 3.00 bits per heavy atom. The molecule has 0 aromatic carbocycles. The van der Waals surface area contributed by atoms with E-state index in [0.717, 1.165) is 6.42 Å². The highest BCUT2D eigenvalue weighted by atomic mass is 14.9. The summed E-state index contributed by atoms with van der Waals surface area (Å²) in [6, 6.07) is 0.495. The molecule has 44 valence electrons. The van der Waals surface area contributed by atoms with Crippen molar-refractivity contribution in [3.05, 3.63) is 24.4 Å². The zero-order chi connectivity index (χ0) is 5.98. The molecule has 1 heterocycles. The van der Waals surface area contributed by atoms with E-state index in [1.54, 1.807) is 0 Å². The smallest absolute Gasteiger partial charge is 0.0473 e. The average Bonchev–Trinajstić information content (AvgIpc) is 2.14. The van der Waals surface area contributed by atoms with Crippen LogP contribution in [0.2, 0.25) is 0 Å². The predicted molar refractivity (Wildman–Crippen MR) is 35.5 cm³/mol. The van der Waals surface area contributed by atoms with Crippen LogP contribution in [0.15, 0.2) is 24.4 Å². The van der Waals surface area contributed by atoms with Crippen molar-refractivity contribution in [2.75, 3.05) is 0 Å². The first-order valence-electron chi connectivity index (χ1n) is 2.89. The van der Waals surface area contributed by atoms with Crippen molar-refractivity contribution < 1.29 is 0 Å². The van der Waals surface area contributed by atoms with Crippen molar-refractivity contribution in [3.8, 4) is 0 Å². The first-order valence-corrected chi connectivity index (χ1v) is 2.89. The molecule has 1 atom stereocenters. The zero-order valence-electron chi connectivity index (χ0n) is 5.15. The van der Waals surface area contributed by atoms with Crippen LogP contribution in [0.1, 0.15) is 13.3 Å². The van der Waals surface area contributed by atoms with Crippen molar-refractivity contribution in [2.45, 2.75) is 19.4 Å². The van der Waals surface area contributed by atoms with Crippen LogP contribution in [-0.4, -0.2) is 6.04 Å². The summed E-state index contributed by atoms with van der Waals surface area (Å²) in [5.41, 5.74) is 1.27. The molecular weight excluding hydrogens is 98.1 g/mol. The minimum absolute atomic E-state index is 0.495. The second-order valence-electron chi connectivity index (χ2n) is 2.11. The first kappa shape index (κ1) is 5.42. The summed E-state index contributed by atoms with van der Waals surface area (Å²) in [5.74, 6) is 0. The minimum atomic E-state index is 0.495. The van der Waals surface area contributed by atoms with Crippen LogP contribution in [0.5, 0.6) is 0 Å². The van der Waals surface area contributed by atoms with Gasteiger partial charge in [0.15, 0.2) is 0 Å². The summed E-state index contributed by atoms with van der Waals surface area (Å²) in [5, 5.41) is 3.25. The maximum Gasteiger partial charge on any atom is 0.0473 e. The van der Waals surface area contributed by atoms with E-state index >= 15 is 0 Å². The van der Waals surface area contributed by atoms with E-state index in [0.29, 0.717) is 6.04 Å². The van der Waals surface area contributed by atoms with Crippen molar-refractivity contribution in [1.29, 1.82) is 0 Å². The van der Waals surface area contributed by atoms with Crippen LogP contribution in [0.25, 0.3) is 0 Å². The molecule has 0 aromatic heterocycles. The fourth-order valence-corrected chi connectivity index (χ4v) is 0.869. The van der Waals surface area contributed by atoms with E-state index in [1.165, 1.54) is 5.70 Å². The van der Waals surface area contributed by atoms with E-state index in [2.05, 4.69) is 24.9 Å². The van der Waals surface area contributed by atoms with Gasteiger partial charge >= 0.3 is 0 Å². The normalized spacial score (nSPS) is 26.6. The van der Waals surface area contributed by atoms with Gasteiger partial charge in [0.05, 0.1) is 0 Å². The molecule has 8 heavy (non-hydrogen) atoms. The maximum atomic E-state index is 3.68. The minimum Gasteiger partial charge on any atom is -0.382 e. The van der Waals surface area contributed by atoms with Crippen molar-refractivity contribution >= 4 is 0 Å². The Morgan fingerprint density at radius 1 is 2.00 bits per heavy atom. The molecular formula is C7H11N. The van der Waals surface area contributed by atoms with Crippen LogP contribution in [0, 0.1) is 0 Å². The molecule has 0 aliphatic carbocycles. The standard InChI is InChI=1S/C7H11N/c1-3-7-5-4-6(2)8-7/h3-4,7-8H,1,5H2,2H3/t7-/m0/s1.